The van der Waals surface area contributed by atoms with Crippen LogP contribution in [0.25, 0.3) is 0 Å². The minimum absolute atomic E-state index is 0.0531. The van der Waals surface area contributed by atoms with Crippen LogP contribution in [-0.2, 0) is 11.3 Å². The van der Waals surface area contributed by atoms with Crippen molar-refractivity contribution in [3.63, 3.8) is 0 Å². The quantitative estimate of drug-likeness (QED) is 0.833. The summed E-state index contributed by atoms with van der Waals surface area (Å²) in [6.07, 6.45) is 0. The molecule has 148 valence electrons. The molecule has 2 aromatic rings. The van der Waals surface area contributed by atoms with E-state index in [0.717, 1.165) is 19.6 Å². The molecule has 1 aliphatic rings. The van der Waals surface area contributed by atoms with Gasteiger partial charge in [0.25, 0.3) is 5.91 Å². The van der Waals surface area contributed by atoms with Crippen LogP contribution in [0.3, 0.4) is 0 Å². The summed E-state index contributed by atoms with van der Waals surface area (Å²) in [6, 6.07) is 16.7. The molecule has 1 heterocycles. The molecule has 6 heteroatoms. The highest BCUT2D eigenvalue weighted by molar-refractivity contribution is 5.99. The number of methoxy groups -OCH3 is 1. The molecule has 0 radical (unpaired) electrons. The molecule has 6 nitrogen and oxygen atoms in total. The average Bonchev–Trinajstić information content (AvgIpc) is 2.74. The molecule has 0 aromatic heterocycles. The lowest BCUT2D eigenvalue weighted by molar-refractivity contribution is -0.134. The molecule has 3 rings (SSSR count). The molecule has 0 bridgehead atoms. The first-order chi connectivity index (χ1) is 13.6. The van der Waals surface area contributed by atoms with Crippen molar-refractivity contribution in [2.75, 3.05) is 33.3 Å². The topological polar surface area (TPSA) is 61.9 Å². The number of para-hydroxylation sites is 1. The number of carbonyl (C=O) groups excluding carboxylic acids is 2. The van der Waals surface area contributed by atoms with E-state index in [2.05, 4.69) is 22.3 Å². The Morgan fingerprint density at radius 3 is 2.32 bits per heavy atom. The normalized spacial score (nSPS) is 15.7. The second-order valence-electron chi connectivity index (χ2n) is 6.98. The van der Waals surface area contributed by atoms with Gasteiger partial charge in [-0.25, -0.2) is 0 Å². The third-order valence-electron chi connectivity index (χ3n) is 5.00. The first-order valence-electron chi connectivity index (χ1n) is 9.57. The molecular weight excluding hydrogens is 354 g/mol. The van der Waals surface area contributed by atoms with E-state index >= 15 is 0 Å². The second-order valence-corrected chi connectivity index (χ2v) is 6.98. The van der Waals surface area contributed by atoms with E-state index in [0.29, 0.717) is 24.4 Å². The van der Waals surface area contributed by atoms with Gasteiger partial charge >= 0.3 is 0 Å². The summed E-state index contributed by atoms with van der Waals surface area (Å²) in [6.45, 7) is 5.61. The molecule has 1 aliphatic heterocycles. The zero-order valence-corrected chi connectivity index (χ0v) is 16.4. The molecular formula is C22H27N3O3. The van der Waals surface area contributed by atoms with Crippen LogP contribution in [0.2, 0.25) is 0 Å². The minimum atomic E-state index is -0.585. The zero-order chi connectivity index (χ0) is 19.9. The van der Waals surface area contributed by atoms with Gasteiger partial charge in [0.1, 0.15) is 11.8 Å². The van der Waals surface area contributed by atoms with Gasteiger partial charge < -0.3 is 15.0 Å². The van der Waals surface area contributed by atoms with Crippen molar-refractivity contribution in [1.82, 2.24) is 15.1 Å². The van der Waals surface area contributed by atoms with Gasteiger partial charge in [-0.15, -0.1) is 0 Å². The van der Waals surface area contributed by atoms with Crippen LogP contribution >= 0.6 is 0 Å². The van der Waals surface area contributed by atoms with Gasteiger partial charge in [0.2, 0.25) is 5.91 Å². The maximum atomic E-state index is 12.7. The van der Waals surface area contributed by atoms with E-state index in [-0.39, 0.29) is 11.8 Å². The van der Waals surface area contributed by atoms with Crippen molar-refractivity contribution in [3.05, 3.63) is 65.7 Å². The fourth-order valence-corrected chi connectivity index (χ4v) is 3.41. The molecule has 1 saturated heterocycles. The monoisotopic (exact) mass is 381 g/mol. The van der Waals surface area contributed by atoms with Crippen molar-refractivity contribution >= 4 is 11.8 Å². The number of ether oxygens (including phenoxy) is 1. The Morgan fingerprint density at radius 2 is 1.64 bits per heavy atom. The van der Waals surface area contributed by atoms with Crippen molar-refractivity contribution in [2.24, 2.45) is 0 Å². The van der Waals surface area contributed by atoms with E-state index in [1.165, 1.54) is 12.7 Å². The lowest BCUT2D eigenvalue weighted by Crippen LogP contribution is -2.53. The fourth-order valence-electron chi connectivity index (χ4n) is 3.41. The van der Waals surface area contributed by atoms with Crippen LogP contribution in [0, 0.1) is 0 Å². The van der Waals surface area contributed by atoms with Crippen LogP contribution in [0.4, 0.5) is 0 Å². The highest BCUT2D eigenvalue weighted by Gasteiger charge is 2.26. The molecule has 0 unspecified atom stereocenters. The zero-order valence-electron chi connectivity index (χ0n) is 16.4. The summed E-state index contributed by atoms with van der Waals surface area (Å²) in [5, 5.41) is 2.80. The van der Waals surface area contributed by atoms with E-state index in [1.807, 2.05) is 23.1 Å². The summed E-state index contributed by atoms with van der Waals surface area (Å²) < 4.78 is 5.22. The fraction of sp³-hybridized carbons (Fsp3) is 0.364. The summed E-state index contributed by atoms with van der Waals surface area (Å²) in [5.41, 5.74) is 1.71. The molecule has 1 fully saturated rings. The third-order valence-corrected chi connectivity index (χ3v) is 5.00. The average molecular weight is 381 g/mol. The molecule has 2 aromatic carbocycles. The van der Waals surface area contributed by atoms with E-state index in [4.69, 9.17) is 4.74 Å². The summed E-state index contributed by atoms with van der Waals surface area (Å²) in [7, 11) is 1.52. The Bertz CT molecular complexity index is 802. The number of hydrogen-bond acceptors (Lipinski definition) is 4. The van der Waals surface area contributed by atoms with E-state index < -0.39 is 6.04 Å². The number of carbonyl (C=O) groups is 2. The SMILES string of the molecule is COc1ccccc1C(=O)N[C@@H](C)C(=O)N1CCN(Cc2ccccc2)CC1. The summed E-state index contributed by atoms with van der Waals surface area (Å²) >= 11 is 0. The predicted molar refractivity (Wildman–Crippen MR) is 108 cm³/mol. The van der Waals surface area contributed by atoms with Crippen LogP contribution in [0.5, 0.6) is 5.75 Å². The van der Waals surface area contributed by atoms with Gasteiger partial charge in [-0.1, -0.05) is 42.5 Å². The van der Waals surface area contributed by atoms with Gasteiger partial charge in [-0.3, -0.25) is 14.5 Å². The van der Waals surface area contributed by atoms with Gasteiger partial charge in [-0.05, 0) is 24.6 Å². The highest BCUT2D eigenvalue weighted by atomic mass is 16.5. The third kappa shape index (κ3) is 4.89. The number of nitrogens with zero attached hydrogens (tertiary/aromatic N) is 2. The van der Waals surface area contributed by atoms with Gasteiger partial charge in [0.05, 0.1) is 12.7 Å². The smallest absolute Gasteiger partial charge is 0.255 e. The Hall–Kier alpha value is -2.86. The van der Waals surface area contributed by atoms with Crippen molar-refractivity contribution < 1.29 is 14.3 Å². The summed E-state index contributed by atoms with van der Waals surface area (Å²) in [4.78, 5) is 29.4. The largest absolute Gasteiger partial charge is 0.496 e. The first kappa shape index (κ1) is 19.9. The van der Waals surface area contributed by atoms with Crippen LogP contribution in [0.1, 0.15) is 22.8 Å². The molecule has 1 N–H and O–H groups in total. The molecule has 0 spiro atoms. The number of rotatable bonds is 6. The van der Waals surface area contributed by atoms with Crippen LogP contribution in [0.15, 0.2) is 54.6 Å². The molecule has 2 amide bonds. The summed E-state index contributed by atoms with van der Waals surface area (Å²) in [5.74, 6) is 0.137. The number of piperazine rings is 1. The number of nitrogens with one attached hydrogen (secondary N) is 1. The van der Waals surface area contributed by atoms with Crippen molar-refractivity contribution in [1.29, 1.82) is 0 Å². The van der Waals surface area contributed by atoms with Gasteiger partial charge in [-0.2, -0.15) is 0 Å². The highest BCUT2D eigenvalue weighted by Crippen LogP contribution is 2.17. The second kappa shape index (κ2) is 9.37. The van der Waals surface area contributed by atoms with Gasteiger partial charge in [0, 0.05) is 32.7 Å². The van der Waals surface area contributed by atoms with Crippen molar-refractivity contribution in [3.8, 4) is 5.75 Å². The molecule has 28 heavy (non-hydrogen) atoms. The first-order valence-corrected chi connectivity index (χ1v) is 9.57. The molecule has 1 atom stereocenters. The maximum Gasteiger partial charge on any atom is 0.255 e. The Balaban J connectivity index is 1.51. The van der Waals surface area contributed by atoms with Crippen molar-refractivity contribution in [2.45, 2.75) is 19.5 Å². The number of hydrogen-bond donors (Lipinski definition) is 1. The number of benzene rings is 2. The maximum absolute atomic E-state index is 12.7. The standard InChI is InChI=1S/C22H27N3O3/c1-17(23-21(26)19-10-6-7-11-20(19)28-2)22(27)25-14-12-24(13-15-25)16-18-8-4-3-5-9-18/h3-11,17H,12-16H2,1-2H3,(H,23,26)/t17-/m0/s1. The lowest BCUT2D eigenvalue weighted by atomic mass is 10.1. The van der Waals surface area contributed by atoms with Crippen LogP contribution in [-0.4, -0.2) is 60.9 Å². The predicted octanol–water partition coefficient (Wildman–Crippen LogP) is 2.16. The Labute approximate surface area is 166 Å². The minimum Gasteiger partial charge on any atom is -0.496 e. The van der Waals surface area contributed by atoms with Gasteiger partial charge in [0.15, 0.2) is 0 Å². The molecule has 0 aliphatic carbocycles. The molecule has 0 saturated carbocycles. The van der Waals surface area contributed by atoms with E-state index in [9.17, 15) is 9.59 Å². The van der Waals surface area contributed by atoms with Crippen LogP contribution < -0.4 is 10.1 Å². The number of amides is 2. The Morgan fingerprint density at radius 1 is 1.00 bits per heavy atom. The Kier molecular flexibility index (Phi) is 6.66. The lowest BCUT2D eigenvalue weighted by Gasteiger charge is -2.36. The van der Waals surface area contributed by atoms with E-state index in [1.54, 1.807) is 31.2 Å².